The van der Waals surface area contributed by atoms with Crippen molar-refractivity contribution in [2.45, 2.75) is 0 Å². The molecule has 1 fully saturated rings. The highest BCUT2D eigenvalue weighted by Gasteiger charge is 2.16. The Labute approximate surface area is 98.4 Å². The fourth-order valence-corrected chi connectivity index (χ4v) is 2.19. The van der Waals surface area contributed by atoms with E-state index in [1.807, 2.05) is 6.07 Å². The Balaban J connectivity index is 2.09. The Morgan fingerprint density at radius 2 is 2.24 bits per heavy atom. The van der Waals surface area contributed by atoms with E-state index in [-0.39, 0.29) is 0 Å². The van der Waals surface area contributed by atoms with Crippen molar-refractivity contribution in [3.05, 3.63) is 24.0 Å². The average molecular weight is 231 g/mol. The van der Waals surface area contributed by atoms with Crippen LogP contribution >= 0.6 is 0 Å². The van der Waals surface area contributed by atoms with Crippen LogP contribution in [-0.2, 0) is 4.74 Å². The number of hydrogen-bond acceptors (Lipinski definition) is 4. The van der Waals surface area contributed by atoms with Gasteiger partial charge in [0.1, 0.15) is 5.52 Å². The topological polar surface area (TPSA) is 58.2 Å². The van der Waals surface area contributed by atoms with Gasteiger partial charge in [-0.3, -0.25) is 9.78 Å². The Morgan fingerprint density at radius 3 is 3.00 bits per heavy atom. The number of fused-ring (bicyclic) bond motifs is 1. The highest BCUT2D eigenvalue weighted by Crippen LogP contribution is 2.26. The summed E-state index contributed by atoms with van der Waals surface area (Å²) in [5.74, 6) is 0. The zero-order valence-electron chi connectivity index (χ0n) is 9.35. The molecule has 2 aromatic heterocycles. The first-order valence-electron chi connectivity index (χ1n) is 5.64. The summed E-state index contributed by atoms with van der Waals surface area (Å²) in [5, 5.41) is 0. The van der Waals surface area contributed by atoms with E-state index in [2.05, 4.69) is 14.9 Å². The third-order valence-electron chi connectivity index (χ3n) is 3.05. The maximum absolute atomic E-state index is 10.9. The molecular formula is C12H13N3O2. The van der Waals surface area contributed by atoms with E-state index in [1.54, 1.807) is 12.4 Å². The molecule has 5 heteroatoms. The summed E-state index contributed by atoms with van der Waals surface area (Å²) in [5.41, 5.74) is 3.36. The molecule has 1 saturated heterocycles. The van der Waals surface area contributed by atoms with Gasteiger partial charge in [0.2, 0.25) is 0 Å². The van der Waals surface area contributed by atoms with E-state index in [9.17, 15) is 4.79 Å². The van der Waals surface area contributed by atoms with E-state index in [1.165, 1.54) is 0 Å². The molecule has 0 radical (unpaired) electrons. The third-order valence-corrected chi connectivity index (χ3v) is 3.05. The van der Waals surface area contributed by atoms with E-state index in [0.717, 1.165) is 49.3 Å². The molecular weight excluding hydrogens is 218 g/mol. The van der Waals surface area contributed by atoms with Gasteiger partial charge in [0, 0.05) is 25.5 Å². The van der Waals surface area contributed by atoms with Gasteiger partial charge in [0.15, 0.2) is 6.29 Å². The maximum atomic E-state index is 10.9. The number of H-pyrrole nitrogens is 1. The number of hydrogen-bond donors (Lipinski definition) is 1. The number of aldehydes is 1. The van der Waals surface area contributed by atoms with Gasteiger partial charge in [-0.1, -0.05) is 0 Å². The van der Waals surface area contributed by atoms with Gasteiger partial charge < -0.3 is 14.6 Å². The molecule has 0 bridgehead atoms. The van der Waals surface area contributed by atoms with E-state index >= 15 is 0 Å². The maximum Gasteiger partial charge on any atom is 0.153 e. The number of nitrogens with zero attached hydrogens (tertiary/aromatic N) is 2. The summed E-state index contributed by atoms with van der Waals surface area (Å²) in [7, 11) is 0. The van der Waals surface area contributed by atoms with Gasteiger partial charge in [-0.05, 0) is 6.07 Å². The van der Waals surface area contributed by atoms with Crippen LogP contribution in [0.1, 0.15) is 10.4 Å². The minimum atomic E-state index is 0.607. The van der Waals surface area contributed by atoms with Crippen LogP contribution in [0.2, 0.25) is 0 Å². The Hall–Kier alpha value is -1.88. The molecule has 2 aromatic rings. The number of nitrogens with one attached hydrogen (secondary N) is 1. The van der Waals surface area contributed by atoms with Crippen molar-refractivity contribution in [2.24, 2.45) is 0 Å². The molecule has 17 heavy (non-hydrogen) atoms. The highest BCUT2D eigenvalue weighted by atomic mass is 16.5. The summed E-state index contributed by atoms with van der Waals surface area (Å²) in [4.78, 5) is 20.5. The van der Waals surface area contributed by atoms with Crippen molar-refractivity contribution in [3.63, 3.8) is 0 Å². The van der Waals surface area contributed by atoms with Crippen LogP contribution < -0.4 is 4.90 Å². The van der Waals surface area contributed by atoms with Crippen LogP contribution in [0.3, 0.4) is 0 Å². The third kappa shape index (κ3) is 1.68. The number of aromatic nitrogens is 2. The van der Waals surface area contributed by atoms with Gasteiger partial charge in [0.05, 0.1) is 30.0 Å². The fourth-order valence-electron chi connectivity index (χ4n) is 2.19. The molecule has 0 spiro atoms. The summed E-state index contributed by atoms with van der Waals surface area (Å²) in [6, 6.07) is 1.97. The minimum Gasteiger partial charge on any atom is -0.378 e. The Morgan fingerprint density at radius 1 is 1.41 bits per heavy atom. The Bertz CT molecular complexity index is 544. The first-order valence-corrected chi connectivity index (χ1v) is 5.64. The zero-order chi connectivity index (χ0) is 11.7. The number of ether oxygens (including phenoxy) is 1. The number of carbonyl (C=O) groups is 1. The number of anilines is 1. The molecule has 1 aliphatic heterocycles. The van der Waals surface area contributed by atoms with Gasteiger partial charge in [-0.15, -0.1) is 0 Å². The lowest BCUT2D eigenvalue weighted by Gasteiger charge is -2.29. The van der Waals surface area contributed by atoms with Crippen LogP contribution in [0.15, 0.2) is 18.5 Å². The molecule has 1 aliphatic rings. The second-order valence-corrected chi connectivity index (χ2v) is 4.01. The van der Waals surface area contributed by atoms with Crippen molar-refractivity contribution in [3.8, 4) is 0 Å². The summed E-state index contributed by atoms with van der Waals surface area (Å²) >= 11 is 0. The highest BCUT2D eigenvalue weighted by molar-refractivity contribution is 5.99. The predicted octanol–water partition coefficient (Wildman–Crippen LogP) is 1.21. The largest absolute Gasteiger partial charge is 0.378 e. The number of morpholine rings is 1. The lowest BCUT2D eigenvalue weighted by molar-refractivity contribution is 0.112. The van der Waals surface area contributed by atoms with Gasteiger partial charge in [-0.2, -0.15) is 0 Å². The van der Waals surface area contributed by atoms with Crippen molar-refractivity contribution in [1.29, 1.82) is 0 Å². The summed E-state index contributed by atoms with van der Waals surface area (Å²) in [6.45, 7) is 3.22. The van der Waals surface area contributed by atoms with Crippen molar-refractivity contribution < 1.29 is 9.53 Å². The lowest BCUT2D eigenvalue weighted by atomic mass is 10.2. The molecule has 0 amide bonds. The standard InChI is InChI=1S/C12H13N3O2/c16-8-9-7-14-12-10(1-2-13-11(9)12)15-3-5-17-6-4-15/h1-2,7-8,14H,3-6H2. The van der Waals surface area contributed by atoms with Gasteiger partial charge in [0.25, 0.3) is 0 Å². The van der Waals surface area contributed by atoms with Crippen LogP contribution in [0.5, 0.6) is 0 Å². The number of rotatable bonds is 2. The SMILES string of the molecule is O=Cc1c[nH]c2c(N3CCOCC3)ccnc12. The van der Waals surface area contributed by atoms with E-state index in [0.29, 0.717) is 5.56 Å². The lowest BCUT2D eigenvalue weighted by Crippen LogP contribution is -2.36. The van der Waals surface area contributed by atoms with Crippen molar-refractivity contribution >= 4 is 23.0 Å². The molecule has 88 valence electrons. The average Bonchev–Trinajstić information content (AvgIpc) is 2.82. The first kappa shape index (κ1) is 10.3. The smallest absolute Gasteiger partial charge is 0.153 e. The molecule has 1 N–H and O–H groups in total. The zero-order valence-corrected chi connectivity index (χ0v) is 9.35. The van der Waals surface area contributed by atoms with Crippen LogP contribution in [0.4, 0.5) is 5.69 Å². The molecule has 5 nitrogen and oxygen atoms in total. The van der Waals surface area contributed by atoms with Crippen LogP contribution in [0, 0.1) is 0 Å². The minimum absolute atomic E-state index is 0.607. The quantitative estimate of drug-likeness (QED) is 0.789. The van der Waals surface area contributed by atoms with Crippen LogP contribution in [-0.4, -0.2) is 42.6 Å². The monoisotopic (exact) mass is 231 g/mol. The normalized spacial score (nSPS) is 16.4. The molecule has 0 aromatic carbocycles. The molecule has 0 saturated carbocycles. The van der Waals surface area contributed by atoms with E-state index < -0.39 is 0 Å². The number of pyridine rings is 1. The number of carbonyl (C=O) groups excluding carboxylic acids is 1. The molecule has 0 unspecified atom stereocenters. The Kier molecular flexibility index (Phi) is 2.53. The summed E-state index contributed by atoms with van der Waals surface area (Å²) in [6.07, 6.45) is 4.28. The van der Waals surface area contributed by atoms with Crippen LogP contribution in [0.25, 0.3) is 11.0 Å². The molecule has 3 rings (SSSR count). The van der Waals surface area contributed by atoms with Crippen molar-refractivity contribution in [2.75, 3.05) is 31.2 Å². The molecule has 3 heterocycles. The van der Waals surface area contributed by atoms with Gasteiger partial charge >= 0.3 is 0 Å². The molecule has 0 atom stereocenters. The van der Waals surface area contributed by atoms with E-state index in [4.69, 9.17) is 4.74 Å². The predicted molar refractivity (Wildman–Crippen MR) is 64.5 cm³/mol. The second-order valence-electron chi connectivity index (χ2n) is 4.01. The van der Waals surface area contributed by atoms with Crippen molar-refractivity contribution in [1.82, 2.24) is 9.97 Å². The first-order chi connectivity index (χ1) is 8.40. The fraction of sp³-hybridized carbons (Fsp3) is 0.333. The summed E-state index contributed by atoms with van der Waals surface area (Å²) < 4.78 is 5.34. The van der Waals surface area contributed by atoms with Gasteiger partial charge in [-0.25, -0.2) is 0 Å². The number of aromatic amines is 1. The second kappa shape index (κ2) is 4.18. The molecule has 0 aliphatic carbocycles.